The van der Waals surface area contributed by atoms with Crippen LogP contribution in [0.5, 0.6) is 0 Å². The van der Waals surface area contributed by atoms with E-state index in [-0.39, 0.29) is 18.2 Å². The van der Waals surface area contributed by atoms with Crippen LogP contribution < -0.4 is 5.73 Å². The van der Waals surface area contributed by atoms with Crippen molar-refractivity contribution in [2.75, 3.05) is 5.73 Å². The lowest BCUT2D eigenvalue weighted by molar-refractivity contribution is -0.156. The molecule has 0 radical (unpaired) electrons. The van der Waals surface area contributed by atoms with Gasteiger partial charge in [0, 0.05) is 17.0 Å². The summed E-state index contributed by atoms with van der Waals surface area (Å²) in [7, 11) is 0. The zero-order valence-electron chi connectivity index (χ0n) is 14.1. The van der Waals surface area contributed by atoms with Gasteiger partial charge in [-0.15, -0.1) is 11.3 Å². The van der Waals surface area contributed by atoms with Gasteiger partial charge in [0.25, 0.3) is 0 Å². The Labute approximate surface area is 149 Å². The first-order chi connectivity index (χ1) is 12.0. The normalized spacial score (nSPS) is 30.8. The van der Waals surface area contributed by atoms with Gasteiger partial charge >= 0.3 is 0 Å². The van der Waals surface area contributed by atoms with Gasteiger partial charge < -0.3 is 19.8 Å². The van der Waals surface area contributed by atoms with E-state index in [9.17, 15) is 0 Å². The molecule has 1 saturated carbocycles. The topological polar surface area (TPSA) is 75.2 Å². The van der Waals surface area contributed by atoms with Crippen molar-refractivity contribution >= 4 is 28.2 Å². The van der Waals surface area contributed by atoms with Crippen molar-refractivity contribution < 1.29 is 9.47 Å². The van der Waals surface area contributed by atoms with E-state index in [4.69, 9.17) is 15.2 Å². The molecule has 0 aromatic carbocycles. The van der Waals surface area contributed by atoms with Crippen LogP contribution in [0.25, 0.3) is 11.0 Å². The van der Waals surface area contributed by atoms with Crippen LogP contribution in [0.1, 0.15) is 37.1 Å². The Kier molecular flexibility index (Phi) is 3.22. The quantitative estimate of drug-likeness (QED) is 0.762. The van der Waals surface area contributed by atoms with Gasteiger partial charge in [0.15, 0.2) is 5.79 Å². The van der Waals surface area contributed by atoms with Crippen molar-refractivity contribution in [2.45, 2.75) is 50.2 Å². The molecule has 1 saturated heterocycles. The Balaban J connectivity index is 1.60. The molecule has 25 heavy (non-hydrogen) atoms. The fourth-order valence-electron chi connectivity index (χ4n) is 4.26. The zero-order valence-corrected chi connectivity index (χ0v) is 14.9. The molecule has 0 bridgehead atoms. The van der Waals surface area contributed by atoms with Gasteiger partial charge in [-0.2, -0.15) is 0 Å². The molecule has 7 heteroatoms. The van der Waals surface area contributed by atoms with Crippen molar-refractivity contribution in [1.29, 1.82) is 0 Å². The molecule has 0 amide bonds. The first kappa shape index (κ1) is 15.3. The van der Waals surface area contributed by atoms with E-state index in [1.165, 1.54) is 11.2 Å². The average Bonchev–Trinajstić information content (AvgIpc) is 3.30. The summed E-state index contributed by atoms with van der Waals surface area (Å²) in [6.45, 7) is 3.98. The number of hydrogen-bond acceptors (Lipinski definition) is 6. The largest absolute Gasteiger partial charge is 0.383 e. The van der Waals surface area contributed by atoms with Crippen LogP contribution in [0.2, 0.25) is 0 Å². The van der Waals surface area contributed by atoms with Crippen LogP contribution in [0.3, 0.4) is 0 Å². The van der Waals surface area contributed by atoms with Gasteiger partial charge in [-0.05, 0) is 37.8 Å². The lowest BCUT2D eigenvalue weighted by Crippen LogP contribution is -2.27. The van der Waals surface area contributed by atoms with Crippen molar-refractivity contribution in [1.82, 2.24) is 14.5 Å². The number of nitrogen functional groups attached to an aromatic ring is 1. The standard InChI is InChI=1S/C18H20N4O2S/c1-18(2)23-14-11(13-4-3-7-25-13)8-12(15(14)24-18)22-6-5-10-16(19)20-9-21-17(10)22/h3-7,9,11-12,14-15H,8H2,1-2H3,(H2,19,20,21)/t11-,12-,14-,15+/m1/s1. The Morgan fingerprint density at radius 3 is 2.88 bits per heavy atom. The number of fused-ring (bicyclic) bond motifs is 2. The minimum Gasteiger partial charge on any atom is -0.383 e. The van der Waals surface area contributed by atoms with E-state index in [0.29, 0.717) is 11.7 Å². The maximum atomic E-state index is 6.30. The number of thiophene rings is 1. The second kappa shape index (κ2) is 5.27. The number of aromatic nitrogens is 3. The van der Waals surface area contributed by atoms with Crippen LogP contribution in [-0.2, 0) is 9.47 Å². The van der Waals surface area contributed by atoms with Crippen molar-refractivity contribution in [3.05, 3.63) is 41.0 Å². The van der Waals surface area contributed by atoms with Crippen LogP contribution in [0.15, 0.2) is 36.1 Å². The number of nitrogens with two attached hydrogens (primary N) is 1. The molecule has 4 heterocycles. The fourth-order valence-corrected chi connectivity index (χ4v) is 5.14. The predicted octanol–water partition coefficient (Wildman–Crippen LogP) is 3.32. The monoisotopic (exact) mass is 356 g/mol. The Morgan fingerprint density at radius 1 is 1.24 bits per heavy atom. The van der Waals surface area contributed by atoms with Gasteiger partial charge in [0.05, 0.1) is 17.5 Å². The summed E-state index contributed by atoms with van der Waals surface area (Å²) in [4.78, 5) is 9.91. The molecule has 2 aliphatic rings. The van der Waals surface area contributed by atoms with Crippen LogP contribution in [-0.4, -0.2) is 32.5 Å². The molecule has 1 aliphatic heterocycles. The first-order valence-corrected chi connectivity index (χ1v) is 9.37. The summed E-state index contributed by atoms with van der Waals surface area (Å²) in [5, 5.41) is 3.01. The summed E-state index contributed by atoms with van der Waals surface area (Å²) < 4.78 is 14.8. The molecule has 3 aromatic heterocycles. The second-order valence-electron chi connectivity index (χ2n) is 7.21. The van der Waals surface area contributed by atoms with Gasteiger partial charge in [-0.1, -0.05) is 6.07 Å². The maximum absolute atomic E-state index is 6.30. The fraction of sp³-hybridized carbons (Fsp3) is 0.444. The van der Waals surface area contributed by atoms with E-state index in [1.807, 2.05) is 26.1 Å². The first-order valence-electron chi connectivity index (χ1n) is 8.49. The van der Waals surface area contributed by atoms with Crippen molar-refractivity contribution in [3.8, 4) is 0 Å². The summed E-state index contributed by atoms with van der Waals surface area (Å²) in [5.41, 5.74) is 6.86. The van der Waals surface area contributed by atoms with Gasteiger partial charge in [-0.3, -0.25) is 0 Å². The molecule has 1 aliphatic carbocycles. The third kappa shape index (κ3) is 2.30. The molecule has 5 rings (SSSR count). The third-order valence-electron chi connectivity index (χ3n) is 5.24. The van der Waals surface area contributed by atoms with E-state index < -0.39 is 5.79 Å². The minimum absolute atomic E-state index is 0.00566. The Morgan fingerprint density at radius 2 is 2.08 bits per heavy atom. The van der Waals surface area contributed by atoms with Crippen LogP contribution >= 0.6 is 11.3 Å². The lowest BCUT2D eigenvalue weighted by Gasteiger charge is -2.24. The SMILES string of the molecule is CC1(C)O[C@@H]2[C@H](O1)[C@@H](c1cccs1)C[C@H]2n1ccc2c(N)ncnc21. The highest BCUT2D eigenvalue weighted by atomic mass is 32.1. The third-order valence-corrected chi connectivity index (χ3v) is 6.25. The van der Waals surface area contributed by atoms with Crippen molar-refractivity contribution in [2.24, 2.45) is 0 Å². The van der Waals surface area contributed by atoms with Crippen molar-refractivity contribution in [3.63, 3.8) is 0 Å². The molecular formula is C18H20N4O2S. The summed E-state index contributed by atoms with van der Waals surface area (Å²) in [5.74, 6) is 0.269. The van der Waals surface area contributed by atoms with Gasteiger partial charge in [-0.25, -0.2) is 9.97 Å². The number of nitrogens with zero attached hydrogens (tertiary/aromatic N) is 3. The highest BCUT2D eigenvalue weighted by Gasteiger charge is 2.55. The predicted molar refractivity (Wildman–Crippen MR) is 96.5 cm³/mol. The highest BCUT2D eigenvalue weighted by molar-refractivity contribution is 7.10. The smallest absolute Gasteiger partial charge is 0.163 e. The number of ether oxygens (including phenoxy) is 2. The Hall–Kier alpha value is -1.96. The van der Waals surface area contributed by atoms with E-state index in [2.05, 4.69) is 32.0 Å². The number of anilines is 1. The maximum Gasteiger partial charge on any atom is 0.163 e. The molecular weight excluding hydrogens is 336 g/mol. The second-order valence-corrected chi connectivity index (χ2v) is 8.19. The molecule has 0 spiro atoms. The van der Waals surface area contributed by atoms with Crippen LogP contribution in [0.4, 0.5) is 5.82 Å². The number of rotatable bonds is 2. The molecule has 2 N–H and O–H groups in total. The van der Waals surface area contributed by atoms with Gasteiger partial charge in [0.2, 0.25) is 0 Å². The molecule has 6 nitrogen and oxygen atoms in total. The highest BCUT2D eigenvalue weighted by Crippen LogP contribution is 2.52. The molecule has 130 valence electrons. The summed E-state index contributed by atoms with van der Waals surface area (Å²) in [6, 6.07) is 6.43. The lowest BCUT2D eigenvalue weighted by atomic mass is 10.0. The molecule has 2 fully saturated rings. The Bertz CT molecular complexity index is 920. The summed E-state index contributed by atoms with van der Waals surface area (Å²) >= 11 is 1.78. The summed E-state index contributed by atoms with van der Waals surface area (Å²) in [6.07, 6.45) is 4.57. The minimum atomic E-state index is -0.569. The number of hydrogen-bond donors (Lipinski definition) is 1. The zero-order chi connectivity index (χ0) is 17.2. The molecule has 3 aromatic rings. The van der Waals surface area contributed by atoms with E-state index >= 15 is 0 Å². The van der Waals surface area contributed by atoms with E-state index in [0.717, 1.165) is 17.5 Å². The molecule has 4 atom stereocenters. The molecule has 0 unspecified atom stereocenters. The van der Waals surface area contributed by atoms with Crippen LogP contribution in [0, 0.1) is 0 Å². The average molecular weight is 356 g/mol. The van der Waals surface area contributed by atoms with Gasteiger partial charge in [0.1, 0.15) is 23.9 Å². The van der Waals surface area contributed by atoms with E-state index in [1.54, 1.807) is 11.3 Å².